The molecule has 1 aliphatic heterocycles. The van der Waals surface area contributed by atoms with Gasteiger partial charge in [-0.25, -0.2) is 9.59 Å². The van der Waals surface area contributed by atoms with Gasteiger partial charge in [0.15, 0.2) is 6.04 Å². The van der Waals surface area contributed by atoms with Crippen molar-refractivity contribution in [3.8, 4) is 0 Å². The van der Waals surface area contributed by atoms with Crippen molar-refractivity contribution < 1.29 is 23.9 Å². The third-order valence-electron chi connectivity index (χ3n) is 6.03. The zero-order valence-corrected chi connectivity index (χ0v) is 18.7. The summed E-state index contributed by atoms with van der Waals surface area (Å²) in [5.74, 6) is -1.06. The van der Waals surface area contributed by atoms with Crippen molar-refractivity contribution >= 4 is 39.7 Å². The summed E-state index contributed by atoms with van der Waals surface area (Å²) in [6.45, 7) is 1.67. The average Bonchev–Trinajstić information content (AvgIpc) is 2.97. The quantitative estimate of drug-likeness (QED) is 0.481. The van der Waals surface area contributed by atoms with Crippen LogP contribution in [0, 0.1) is 5.92 Å². The molecule has 4 amide bonds. The topological polar surface area (TPSA) is 105 Å². The molecule has 2 N–H and O–H groups in total. The summed E-state index contributed by atoms with van der Waals surface area (Å²) in [6.07, 6.45) is 3.96. The maximum absolute atomic E-state index is 13.0. The molecule has 1 aromatic rings. The van der Waals surface area contributed by atoms with Crippen LogP contribution in [0.4, 0.5) is 4.79 Å². The fourth-order valence-electron chi connectivity index (χ4n) is 4.14. The molecular weight excluding hydrogens is 454 g/mol. The maximum Gasteiger partial charge on any atom is 0.333 e. The zero-order chi connectivity index (χ0) is 21.9. The summed E-state index contributed by atoms with van der Waals surface area (Å²) >= 11 is 3.32. The molecule has 3 rings (SSSR count). The Bertz CT molecular complexity index is 834. The van der Waals surface area contributed by atoms with Crippen LogP contribution < -0.4 is 10.6 Å². The first kappa shape index (κ1) is 22.3. The van der Waals surface area contributed by atoms with Crippen molar-refractivity contribution in [3.05, 3.63) is 34.3 Å². The Morgan fingerprint density at radius 3 is 2.47 bits per heavy atom. The number of amides is 4. The van der Waals surface area contributed by atoms with Gasteiger partial charge < -0.3 is 15.4 Å². The Labute approximate surface area is 183 Å². The minimum atomic E-state index is -1.04. The Balaban J connectivity index is 1.68. The predicted molar refractivity (Wildman–Crippen MR) is 112 cm³/mol. The molecule has 0 bridgehead atoms. The van der Waals surface area contributed by atoms with Crippen molar-refractivity contribution in [2.75, 3.05) is 13.7 Å². The van der Waals surface area contributed by atoms with E-state index in [0.29, 0.717) is 24.3 Å². The highest BCUT2D eigenvalue weighted by Crippen LogP contribution is 2.37. The Kier molecular flexibility index (Phi) is 6.80. The van der Waals surface area contributed by atoms with E-state index in [-0.39, 0.29) is 5.91 Å². The number of imide groups is 1. The molecule has 1 aromatic carbocycles. The number of nitrogens with zero attached hydrogens (tertiary/aromatic N) is 1. The molecule has 2 aliphatic rings. The Morgan fingerprint density at radius 2 is 1.90 bits per heavy atom. The van der Waals surface area contributed by atoms with Gasteiger partial charge in [0.05, 0.1) is 7.11 Å². The summed E-state index contributed by atoms with van der Waals surface area (Å²) in [4.78, 5) is 51.2. The molecule has 0 radical (unpaired) electrons. The Morgan fingerprint density at radius 1 is 1.27 bits per heavy atom. The fourth-order valence-corrected chi connectivity index (χ4v) is 4.40. The number of urea groups is 1. The number of nitrogens with one attached hydrogen (secondary N) is 2. The molecule has 1 saturated carbocycles. The summed E-state index contributed by atoms with van der Waals surface area (Å²) < 4.78 is 5.62. The van der Waals surface area contributed by atoms with Crippen LogP contribution in [0.2, 0.25) is 0 Å². The molecule has 0 aromatic heterocycles. The number of esters is 1. The smallest absolute Gasteiger partial charge is 0.333 e. The fraction of sp³-hybridized carbons (Fsp3) is 0.524. The van der Waals surface area contributed by atoms with Crippen LogP contribution in [0.3, 0.4) is 0 Å². The number of rotatable bonds is 6. The van der Waals surface area contributed by atoms with Gasteiger partial charge in [0.1, 0.15) is 12.1 Å². The molecule has 9 heteroatoms. The van der Waals surface area contributed by atoms with Gasteiger partial charge >= 0.3 is 12.0 Å². The number of carbonyl (C=O) groups is 4. The number of carbonyl (C=O) groups excluding carboxylic acids is 4. The first-order valence-corrected chi connectivity index (χ1v) is 10.9. The largest absolute Gasteiger partial charge is 0.467 e. The van der Waals surface area contributed by atoms with Crippen molar-refractivity contribution in [2.45, 2.75) is 50.6 Å². The highest BCUT2D eigenvalue weighted by Gasteiger charge is 2.52. The monoisotopic (exact) mass is 479 g/mol. The number of halogens is 1. The summed E-state index contributed by atoms with van der Waals surface area (Å²) in [5, 5.41) is 5.38. The van der Waals surface area contributed by atoms with Crippen LogP contribution in [-0.2, 0) is 19.1 Å². The van der Waals surface area contributed by atoms with Gasteiger partial charge in [-0.1, -0.05) is 41.4 Å². The first-order chi connectivity index (χ1) is 14.3. The number of methoxy groups -OCH3 is 1. The molecule has 8 nitrogen and oxygen atoms in total. The van der Waals surface area contributed by atoms with E-state index in [1.165, 1.54) is 7.11 Å². The van der Waals surface area contributed by atoms with Crippen LogP contribution >= 0.6 is 15.9 Å². The van der Waals surface area contributed by atoms with E-state index in [0.717, 1.165) is 28.6 Å². The lowest BCUT2D eigenvalue weighted by Gasteiger charge is -2.34. The van der Waals surface area contributed by atoms with E-state index in [2.05, 4.69) is 33.5 Å². The van der Waals surface area contributed by atoms with Crippen molar-refractivity contribution in [2.24, 2.45) is 5.92 Å². The van der Waals surface area contributed by atoms with Gasteiger partial charge in [0.25, 0.3) is 5.91 Å². The van der Waals surface area contributed by atoms with Gasteiger partial charge in [-0.2, -0.15) is 0 Å². The normalized spacial score (nSPS) is 24.5. The van der Waals surface area contributed by atoms with E-state index < -0.39 is 36.0 Å². The van der Waals surface area contributed by atoms with E-state index in [4.69, 9.17) is 4.74 Å². The van der Waals surface area contributed by atoms with Gasteiger partial charge in [0, 0.05) is 4.47 Å². The second-order valence-corrected chi connectivity index (χ2v) is 8.75. The second kappa shape index (κ2) is 9.16. The molecule has 2 fully saturated rings. The summed E-state index contributed by atoms with van der Waals surface area (Å²) in [5.41, 5.74) is -0.374. The molecule has 1 aliphatic carbocycles. The summed E-state index contributed by atoms with van der Waals surface area (Å²) in [7, 11) is 1.23. The molecule has 1 unspecified atom stereocenters. The van der Waals surface area contributed by atoms with E-state index >= 15 is 0 Å². The van der Waals surface area contributed by atoms with Crippen LogP contribution in [0.1, 0.15) is 50.6 Å². The van der Waals surface area contributed by atoms with Gasteiger partial charge in [-0.15, -0.1) is 0 Å². The van der Waals surface area contributed by atoms with E-state index in [1.54, 1.807) is 24.3 Å². The van der Waals surface area contributed by atoms with Crippen LogP contribution in [0.5, 0.6) is 0 Å². The van der Waals surface area contributed by atoms with Gasteiger partial charge in [-0.3, -0.25) is 14.5 Å². The van der Waals surface area contributed by atoms with Crippen LogP contribution in [-0.4, -0.2) is 47.9 Å². The second-order valence-electron chi connectivity index (χ2n) is 7.83. The van der Waals surface area contributed by atoms with Crippen molar-refractivity contribution in [1.82, 2.24) is 15.5 Å². The third kappa shape index (κ3) is 4.50. The molecule has 1 atom stereocenters. The van der Waals surface area contributed by atoms with E-state index in [9.17, 15) is 19.2 Å². The van der Waals surface area contributed by atoms with Gasteiger partial charge in [-0.05, 0) is 49.3 Å². The molecule has 1 heterocycles. The lowest BCUT2D eigenvalue weighted by Crippen LogP contribution is -2.50. The molecule has 162 valence electrons. The maximum atomic E-state index is 13.0. The van der Waals surface area contributed by atoms with E-state index in [1.807, 2.05) is 0 Å². The highest BCUT2D eigenvalue weighted by atomic mass is 79.9. The number of ether oxygens (including phenoxy) is 1. The predicted octanol–water partition coefficient (Wildman–Crippen LogP) is 2.67. The first-order valence-electron chi connectivity index (χ1n) is 10.1. The van der Waals surface area contributed by atoms with Crippen LogP contribution in [0.25, 0.3) is 0 Å². The minimum Gasteiger partial charge on any atom is -0.467 e. The van der Waals surface area contributed by atoms with Crippen molar-refractivity contribution in [1.29, 1.82) is 0 Å². The lowest BCUT2D eigenvalue weighted by molar-refractivity contribution is -0.145. The molecule has 1 saturated heterocycles. The average molecular weight is 480 g/mol. The minimum absolute atomic E-state index is 0.365. The molecule has 1 spiro atoms. The Hall–Kier alpha value is -2.42. The third-order valence-corrected chi connectivity index (χ3v) is 6.56. The van der Waals surface area contributed by atoms with Crippen LogP contribution in [0.15, 0.2) is 28.7 Å². The summed E-state index contributed by atoms with van der Waals surface area (Å²) in [6, 6.07) is 5.24. The lowest BCUT2D eigenvalue weighted by atomic mass is 9.75. The highest BCUT2D eigenvalue weighted by molar-refractivity contribution is 9.10. The van der Waals surface area contributed by atoms with Gasteiger partial charge in [0.2, 0.25) is 5.91 Å². The zero-order valence-electron chi connectivity index (χ0n) is 17.1. The SMILES string of the molecule is CCC1CCC2(CC1)NC(=O)N(CC(=O)NC(C(=O)OC)c1ccc(Br)cc1)C2=O. The molecule has 30 heavy (non-hydrogen) atoms. The molecular formula is C21H26BrN3O5. The standard InChI is InChI=1S/C21H26BrN3O5/c1-3-13-8-10-21(11-9-13)19(28)25(20(29)24-21)12-16(26)23-17(18(27)30-2)14-4-6-15(22)7-5-14/h4-7,13,17H,3,8-12H2,1-2H3,(H,23,26)(H,24,29). The number of hydrogen-bond donors (Lipinski definition) is 2. The van der Waals surface area contributed by atoms with Crippen molar-refractivity contribution in [3.63, 3.8) is 0 Å². The number of benzene rings is 1. The number of hydrogen-bond acceptors (Lipinski definition) is 5.